The molecule has 1 N–H and O–H groups in total. The number of carbonyl (C=O) groups excluding carboxylic acids is 1. The molecule has 0 radical (unpaired) electrons. The summed E-state index contributed by atoms with van der Waals surface area (Å²) in [6.45, 7) is 2.23. The van der Waals surface area contributed by atoms with Crippen molar-refractivity contribution >= 4 is 5.91 Å². The standard InChI is InChI=1S/C24H20F2N4O3/c1-13-17-6-4-16(31)8-19(17)20(14-10-27-29(2)11-14)12-30(13)24(32)22-9-23(33-28-22)18-5-3-15(25)7-21(18)26/h3-11,13,20,31H,12H2,1-2H3/t13-,20+/m0/s1. The molecule has 0 aliphatic carbocycles. The Balaban J connectivity index is 1.51. The number of aryl methyl sites for hydroxylation is 1. The Hall–Kier alpha value is -4.01. The number of halogens is 2. The molecular weight excluding hydrogens is 430 g/mol. The van der Waals surface area contributed by atoms with Crippen LogP contribution in [0, 0.1) is 11.6 Å². The number of rotatable bonds is 3. The summed E-state index contributed by atoms with van der Waals surface area (Å²) in [5, 5.41) is 18.2. The molecule has 2 atom stereocenters. The van der Waals surface area contributed by atoms with Crippen molar-refractivity contribution in [3.63, 3.8) is 0 Å². The topological polar surface area (TPSA) is 84.4 Å². The molecule has 1 aliphatic rings. The van der Waals surface area contributed by atoms with E-state index in [1.807, 2.05) is 20.2 Å². The van der Waals surface area contributed by atoms with Crippen LogP contribution in [0.4, 0.5) is 8.78 Å². The predicted octanol–water partition coefficient (Wildman–Crippen LogP) is 4.41. The number of nitrogens with zero attached hydrogens (tertiary/aromatic N) is 4. The van der Waals surface area contributed by atoms with Crippen LogP contribution in [0.3, 0.4) is 0 Å². The van der Waals surface area contributed by atoms with E-state index in [4.69, 9.17) is 4.52 Å². The van der Waals surface area contributed by atoms with Gasteiger partial charge in [-0.05, 0) is 47.9 Å². The fraction of sp³-hybridized carbons (Fsp3) is 0.208. The van der Waals surface area contributed by atoms with Gasteiger partial charge in [0.2, 0.25) is 0 Å². The van der Waals surface area contributed by atoms with Crippen LogP contribution < -0.4 is 0 Å². The fourth-order valence-corrected chi connectivity index (χ4v) is 4.37. The molecule has 4 aromatic rings. The normalized spacial score (nSPS) is 17.8. The SMILES string of the molecule is C[C@H]1c2ccc(O)cc2[C@@H](c2cnn(C)c2)CN1C(=O)c1cc(-c2ccc(F)cc2F)on1. The quantitative estimate of drug-likeness (QED) is 0.500. The first-order chi connectivity index (χ1) is 15.8. The van der Waals surface area contributed by atoms with Gasteiger partial charge < -0.3 is 14.5 Å². The van der Waals surface area contributed by atoms with Gasteiger partial charge in [-0.3, -0.25) is 9.48 Å². The lowest BCUT2D eigenvalue weighted by molar-refractivity contribution is 0.0654. The zero-order chi connectivity index (χ0) is 23.3. The van der Waals surface area contributed by atoms with Crippen molar-refractivity contribution < 1.29 is 23.2 Å². The summed E-state index contributed by atoms with van der Waals surface area (Å²) in [7, 11) is 1.81. The zero-order valence-electron chi connectivity index (χ0n) is 17.9. The fourth-order valence-electron chi connectivity index (χ4n) is 4.37. The van der Waals surface area contributed by atoms with Crippen molar-refractivity contribution in [1.82, 2.24) is 19.8 Å². The molecule has 0 bridgehead atoms. The number of fused-ring (bicyclic) bond motifs is 1. The first-order valence-corrected chi connectivity index (χ1v) is 10.4. The van der Waals surface area contributed by atoms with E-state index in [1.165, 1.54) is 12.1 Å². The highest BCUT2D eigenvalue weighted by molar-refractivity contribution is 5.93. The van der Waals surface area contributed by atoms with Crippen molar-refractivity contribution in [3.05, 3.63) is 88.9 Å². The van der Waals surface area contributed by atoms with Gasteiger partial charge in [-0.1, -0.05) is 11.2 Å². The summed E-state index contributed by atoms with van der Waals surface area (Å²) in [4.78, 5) is 15.1. The molecule has 168 valence electrons. The van der Waals surface area contributed by atoms with Gasteiger partial charge in [0.1, 0.15) is 17.4 Å². The Morgan fingerprint density at radius 3 is 2.70 bits per heavy atom. The second kappa shape index (κ2) is 7.84. The predicted molar refractivity (Wildman–Crippen MR) is 114 cm³/mol. The number of benzene rings is 2. The third kappa shape index (κ3) is 3.65. The van der Waals surface area contributed by atoms with Crippen LogP contribution in [0.1, 0.15) is 46.1 Å². The zero-order valence-corrected chi connectivity index (χ0v) is 17.9. The number of phenols is 1. The van der Waals surface area contributed by atoms with Gasteiger partial charge in [0.05, 0.1) is 17.8 Å². The average Bonchev–Trinajstić information content (AvgIpc) is 3.43. The largest absolute Gasteiger partial charge is 0.508 e. The molecule has 0 spiro atoms. The molecule has 33 heavy (non-hydrogen) atoms. The highest BCUT2D eigenvalue weighted by Gasteiger charge is 2.36. The van der Waals surface area contributed by atoms with Gasteiger partial charge in [-0.15, -0.1) is 0 Å². The number of phenolic OH excluding ortho intramolecular Hbond substituents is 1. The lowest BCUT2D eigenvalue weighted by Gasteiger charge is -2.39. The van der Waals surface area contributed by atoms with Gasteiger partial charge in [-0.25, -0.2) is 8.78 Å². The molecule has 0 unspecified atom stereocenters. The van der Waals surface area contributed by atoms with Crippen LogP contribution in [-0.2, 0) is 7.05 Å². The molecule has 7 nitrogen and oxygen atoms in total. The van der Waals surface area contributed by atoms with Crippen LogP contribution in [0.15, 0.2) is 59.4 Å². The average molecular weight is 450 g/mol. The maximum atomic E-state index is 14.2. The van der Waals surface area contributed by atoms with Crippen molar-refractivity contribution in [1.29, 1.82) is 0 Å². The monoisotopic (exact) mass is 450 g/mol. The number of carbonyl (C=O) groups is 1. The minimum atomic E-state index is -0.804. The summed E-state index contributed by atoms with van der Waals surface area (Å²) in [5.41, 5.74) is 2.77. The van der Waals surface area contributed by atoms with E-state index in [9.17, 15) is 18.7 Å². The van der Waals surface area contributed by atoms with Gasteiger partial charge >= 0.3 is 0 Å². The molecule has 0 fully saturated rings. The summed E-state index contributed by atoms with van der Waals surface area (Å²) in [5.74, 6) is -1.91. The van der Waals surface area contributed by atoms with E-state index in [2.05, 4.69) is 10.3 Å². The van der Waals surface area contributed by atoms with Crippen molar-refractivity contribution in [2.45, 2.75) is 18.9 Å². The number of aromatic nitrogens is 3. The van der Waals surface area contributed by atoms with Crippen LogP contribution in [0.5, 0.6) is 5.75 Å². The van der Waals surface area contributed by atoms with Crippen LogP contribution in [0.2, 0.25) is 0 Å². The Morgan fingerprint density at radius 1 is 1.15 bits per heavy atom. The summed E-state index contributed by atoms with van der Waals surface area (Å²) >= 11 is 0. The molecule has 2 aromatic heterocycles. The maximum Gasteiger partial charge on any atom is 0.276 e. The van der Waals surface area contributed by atoms with Crippen LogP contribution >= 0.6 is 0 Å². The van der Waals surface area contributed by atoms with Gasteiger partial charge in [0, 0.05) is 37.8 Å². The molecular formula is C24H20F2N4O3. The molecule has 3 heterocycles. The molecule has 0 saturated carbocycles. The van der Waals surface area contributed by atoms with Gasteiger partial charge in [0.15, 0.2) is 11.5 Å². The van der Waals surface area contributed by atoms with Gasteiger partial charge in [0.25, 0.3) is 5.91 Å². The molecule has 2 aromatic carbocycles. The minimum absolute atomic E-state index is 0.0173. The van der Waals surface area contributed by atoms with Crippen molar-refractivity contribution in [3.8, 4) is 17.1 Å². The summed E-state index contributed by atoms with van der Waals surface area (Å²) in [6, 6.07) is 9.27. The van der Waals surface area contributed by atoms with Gasteiger partial charge in [-0.2, -0.15) is 5.10 Å². The third-order valence-corrected chi connectivity index (χ3v) is 6.06. The third-order valence-electron chi connectivity index (χ3n) is 6.06. The Bertz CT molecular complexity index is 1360. The van der Waals surface area contributed by atoms with E-state index in [-0.39, 0.29) is 40.6 Å². The van der Waals surface area contributed by atoms with Crippen molar-refractivity contribution in [2.75, 3.05) is 6.54 Å². The molecule has 1 aliphatic heterocycles. The maximum absolute atomic E-state index is 14.2. The molecule has 0 saturated heterocycles. The minimum Gasteiger partial charge on any atom is -0.508 e. The molecule has 1 amide bonds. The first-order valence-electron chi connectivity index (χ1n) is 10.4. The second-order valence-corrected chi connectivity index (χ2v) is 8.15. The Morgan fingerprint density at radius 2 is 1.97 bits per heavy atom. The van der Waals surface area contributed by atoms with Crippen LogP contribution in [0.25, 0.3) is 11.3 Å². The van der Waals surface area contributed by atoms with Crippen molar-refractivity contribution in [2.24, 2.45) is 7.05 Å². The first kappa shape index (κ1) is 20.9. The van der Waals surface area contributed by atoms with E-state index < -0.39 is 11.6 Å². The highest BCUT2D eigenvalue weighted by atomic mass is 19.1. The smallest absolute Gasteiger partial charge is 0.276 e. The van der Waals surface area contributed by atoms with Crippen LogP contribution in [-0.4, -0.2) is 37.4 Å². The summed E-state index contributed by atoms with van der Waals surface area (Å²) in [6.07, 6.45) is 3.62. The van der Waals surface area contributed by atoms with E-state index in [0.29, 0.717) is 6.54 Å². The lowest BCUT2D eigenvalue weighted by Crippen LogP contribution is -2.41. The highest BCUT2D eigenvalue weighted by Crippen LogP contribution is 2.41. The van der Waals surface area contributed by atoms with E-state index >= 15 is 0 Å². The van der Waals surface area contributed by atoms with E-state index in [0.717, 1.165) is 28.8 Å². The molecule has 5 rings (SSSR count). The summed E-state index contributed by atoms with van der Waals surface area (Å²) < 4.78 is 34.3. The number of aromatic hydroxyl groups is 1. The lowest BCUT2D eigenvalue weighted by atomic mass is 9.82. The Kier molecular flexibility index (Phi) is 4.96. The Labute approximate surface area is 187 Å². The second-order valence-electron chi connectivity index (χ2n) is 8.15. The molecule has 9 heteroatoms. The number of hydrogen-bond acceptors (Lipinski definition) is 5. The van der Waals surface area contributed by atoms with E-state index in [1.54, 1.807) is 34.0 Å². The number of amides is 1. The number of hydrogen-bond donors (Lipinski definition) is 1.